The van der Waals surface area contributed by atoms with Gasteiger partial charge in [0, 0.05) is 13.6 Å². The fraction of sp³-hybridized carbons (Fsp3) is 0.364. The van der Waals surface area contributed by atoms with E-state index >= 15 is 0 Å². The van der Waals surface area contributed by atoms with Crippen molar-refractivity contribution in [2.45, 2.75) is 18.0 Å². The molecule has 1 aromatic rings. The smallest absolute Gasteiger partial charge is 0.237 e. The highest BCUT2D eigenvalue weighted by Gasteiger charge is 2.31. The minimum Gasteiger partial charge on any atom is -0.237 e. The topological polar surface area (TPSA) is 44.1 Å². The van der Waals surface area contributed by atoms with Crippen LogP contribution in [0.5, 0.6) is 0 Å². The zero-order valence-corrected chi connectivity index (χ0v) is 10.6. The van der Waals surface area contributed by atoms with E-state index in [0.29, 0.717) is 6.54 Å². The van der Waals surface area contributed by atoms with Crippen LogP contribution in [0.25, 0.3) is 0 Å². The number of rotatable bonds is 3. The van der Waals surface area contributed by atoms with Gasteiger partial charge in [-0.3, -0.25) is 0 Å². The van der Waals surface area contributed by atoms with Gasteiger partial charge in [0.2, 0.25) is 0 Å². The summed E-state index contributed by atoms with van der Waals surface area (Å²) in [6, 6.07) is 4.29. The molecule has 1 unspecified atom stereocenters. The van der Waals surface area contributed by atoms with E-state index in [9.17, 15) is 17.4 Å². The Morgan fingerprint density at radius 3 is 2.50 bits per heavy atom. The highest BCUT2D eigenvalue weighted by Crippen LogP contribution is 2.31. The first-order valence-electron chi connectivity index (χ1n) is 5.05. The summed E-state index contributed by atoms with van der Waals surface area (Å²) in [7, 11) is -0.0668. The lowest BCUT2D eigenvalue weighted by Gasteiger charge is -2.15. The van der Waals surface area contributed by atoms with Crippen LogP contribution in [0.15, 0.2) is 23.1 Å². The van der Waals surface area contributed by atoms with E-state index in [1.165, 1.54) is 4.31 Å². The largest absolute Gasteiger partial charge is 0.416 e. The minimum absolute atomic E-state index is 0.0925. The van der Waals surface area contributed by atoms with Gasteiger partial charge < -0.3 is 0 Å². The molecule has 0 saturated carbocycles. The summed E-state index contributed by atoms with van der Waals surface area (Å²) >= 11 is 0. The molecule has 1 rings (SSSR count). The van der Waals surface area contributed by atoms with Gasteiger partial charge >= 0.3 is 6.18 Å². The molecular weight excluding hydrogens is 265 g/mol. The standard InChI is InChI=1S/C11H11F3N2OS/c1-3-16(2)18(17)10-5-4-9(11(12,13)14)6-8(10)7-15/h4-6H,3H2,1-2H3. The molecule has 0 amide bonds. The first kappa shape index (κ1) is 14.7. The highest BCUT2D eigenvalue weighted by molar-refractivity contribution is 7.82. The van der Waals surface area contributed by atoms with E-state index < -0.39 is 22.7 Å². The summed E-state index contributed by atoms with van der Waals surface area (Å²) in [5, 5.41) is 8.84. The zero-order chi connectivity index (χ0) is 13.9. The molecule has 0 aliphatic rings. The summed E-state index contributed by atoms with van der Waals surface area (Å²) in [4.78, 5) is 0.0925. The molecule has 1 atom stereocenters. The molecule has 0 aliphatic heterocycles. The number of halogens is 3. The first-order chi connectivity index (χ1) is 8.31. The maximum absolute atomic E-state index is 12.5. The normalized spacial score (nSPS) is 13.4. The van der Waals surface area contributed by atoms with Crippen molar-refractivity contribution in [3.63, 3.8) is 0 Å². The second-order valence-electron chi connectivity index (χ2n) is 3.51. The van der Waals surface area contributed by atoms with Crippen LogP contribution in [0.2, 0.25) is 0 Å². The maximum atomic E-state index is 12.5. The SMILES string of the molecule is CCN(C)S(=O)c1ccc(C(F)(F)F)cc1C#N. The summed E-state index contributed by atoms with van der Waals surface area (Å²) in [5.41, 5.74) is -1.14. The van der Waals surface area contributed by atoms with Crippen LogP contribution in [-0.4, -0.2) is 22.1 Å². The third kappa shape index (κ3) is 3.09. The van der Waals surface area contributed by atoms with Crippen LogP contribution in [0, 0.1) is 11.3 Å². The van der Waals surface area contributed by atoms with Crippen molar-refractivity contribution >= 4 is 11.0 Å². The number of benzene rings is 1. The number of nitriles is 1. The van der Waals surface area contributed by atoms with E-state index in [2.05, 4.69) is 0 Å². The Labute approximate surface area is 105 Å². The molecular formula is C11H11F3N2OS. The van der Waals surface area contributed by atoms with Crippen LogP contribution in [0.4, 0.5) is 13.2 Å². The molecule has 0 heterocycles. The molecule has 0 saturated heterocycles. The highest BCUT2D eigenvalue weighted by atomic mass is 32.2. The molecule has 0 spiro atoms. The summed E-state index contributed by atoms with van der Waals surface area (Å²) in [6.45, 7) is 2.21. The Morgan fingerprint density at radius 1 is 1.44 bits per heavy atom. The summed E-state index contributed by atoms with van der Waals surface area (Å²) in [6.07, 6.45) is -4.51. The Bertz CT molecular complexity index is 508. The van der Waals surface area contributed by atoms with Crippen molar-refractivity contribution in [2.75, 3.05) is 13.6 Å². The molecule has 18 heavy (non-hydrogen) atoms. The van der Waals surface area contributed by atoms with Gasteiger partial charge in [-0.05, 0) is 18.2 Å². The maximum Gasteiger partial charge on any atom is 0.416 e. The van der Waals surface area contributed by atoms with Crippen molar-refractivity contribution in [1.82, 2.24) is 4.31 Å². The van der Waals surface area contributed by atoms with Gasteiger partial charge in [0.25, 0.3) is 0 Å². The van der Waals surface area contributed by atoms with Crippen molar-refractivity contribution in [3.05, 3.63) is 29.3 Å². The van der Waals surface area contributed by atoms with Crippen LogP contribution in [-0.2, 0) is 17.2 Å². The molecule has 0 aliphatic carbocycles. The van der Waals surface area contributed by atoms with Crippen LogP contribution >= 0.6 is 0 Å². The van der Waals surface area contributed by atoms with E-state index in [-0.39, 0.29) is 10.5 Å². The molecule has 1 aromatic carbocycles. The van der Waals surface area contributed by atoms with Crippen molar-refractivity contribution in [1.29, 1.82) is 5.26 Å². The van der Waals surface area contributed by atoms with Gasteiger partial charge in [-0.15, -0.1) is 0 Å². The zero-order valence-electron chi connectivity index (χ0n) is 9.78. The van der Waals surface area contributed by atoms with E-state index in [4.69, 9.17) is 5.26 Å². The number of nitrogens with zero attached hydrogens (tertiary/aromatic N) is 2. The third-order valence-corrected chi connectivity index (χ3v) is 3.90. The van der Waals surface area contributed by atoms with Crippen LogP contribution in [0.3, 0.4) is 0 Å². The average Bonchev–Trinajstić information content (AvgIpc) is 2.35. The Morgan fingerprint density at radius 2 is 2.06 bits per heavy atom. The van der Waals surface area contributed by atoms with Gasteiger partial charge in [-0.2, -0.15) is 18.4 Å². The Kier molecular flexibility index (Phi) is 4.48. The number of alkyl halides is 3. The molecule has 0 fully saturated rings. The second-order valence-corrected chi connectivity index (χ2v) is 5.08. The number of hydrogen-bond acceptors (Lipinski definition) is 2. The lowest BCUT2D eigenvalue weighted by Crippen LogP contribution is -2.21. The van der Waals surface area contributed by atoms with Gasteiger partial charge in [-0.25, -0.2) is 8.51 Å². The predicted molar refractivity (Wildman–Crippen MR) is 60.9 cm³/mol. The fourth-order valence-electron chi connectivity index (χ4n) is 1.23. The van der Waals surface area contributed by atoms with Gasteiger partial charge in [0.05, 0.1) is 16.0 Å². The molecule has 3 nitrogen and oxygen atoms in total. The van der Waals surface area contributed by atoms with Crippen molar-refractivity contribution < 1.29 is 17.4 Å². The third-order valence-electron chi connectivity index (χ3n) is 2.34. The van der Waals surface area contributed by atoms with E-state index in [1.54, 1.807) is 20.0 Å². The van der Waals surface area contributed by atoms with Gasteiger partial charge in [-0.1, -0.05) is 6.92 Å². The van der Waals surface area contributed by atoms with E-state index in [0.717, 1.165) is 18.2 Å². The summed E-state index contributed by atoms with van der Waals surface area (Å²) in [5.74, 6) is 0. The molecule has 98 valence electrons. The van der Waals surface area contributed by atoms with Gasteiger partial charge in [0.15, 0.2) is 0 Å². The second kappa shape index (κ2) is 5.50. The number of hydrogen-bond donors (Lipinski definition) is 0. The van der Waals surface area contributed by atoms with Crippen LogP contribution in [0.1, 0.15) is 18.1 Å². The lowest BCUT2D eigenvalue weighted by atomic mass is 10.1. The lowest BCUT2D eigenvalue weighted by molar-refractivity contribution is -0.137. The molecule has 0 bridgehead atoms. The monoisotopic (exact) mass is 276 g/mol. The molecule has 7 heteroatoms. The quantitative estimate of drug-likeness (QED) is 0.851. The van der Waals surface area contributed by atoms with E-state index in [1.807, 2.05) is 0 Å². The molecule has 0 N–H and O–H groups in total. The molecule has 0 radical (unpaired) electrons. The summed E-state index contributed by atoms with van der Waals surface area (Å²) < 4.78 is 50.8. The minimum atomic E-state index is -4.51. The fourth-order valence-corrected chi connectivity index (χ4v) is 2.28. The van der Waals surface area contributed by atoms with Crippen molar-refractivity contribution in [3.8, 4) is 6.07 Å². The van der Waals surface area contributed by atoms with Crippen LogP contribution < -0.4 is 0 Å². The predicted octanol–water partition coefficient (Wildman–Crippen LogP) is 2.55. The van der Waals surface area contributed by atoms with Gasteiger partial charge in [0.1, 0.15) is 17.1 Å². The van der Waals surface area contributed by atoms with Crippen molar-refractivity contribution in [2.24, 2.45) is 0 Å². The Hall–Kier alpha value is -1.39. The first-order valence-corrected chi connectivity index (χ1v) is 6.16. The average molecular weight is 276 g/mol. The molecule has 0 aromatic heterocycles. The Balaban J connectivity index is 3.26.